The van der Waals surface area contributed by atoms with Gasteiger partial charge in [0.2, 0.25) is 0 Å². The average molecular weight is 1080 g/mol. The van der Waals surface area contributed by atoms with Crippen molar-refractivity contribution in [2.45, 2.75) is 133 Å². The number of carbonyl (C=O) groups excluding carboxylic acids is 1. The van der Waals surface area contributed by atoms with E-state index in [2.05, 4.69) is 30.2 Å². The maximum absolute atomic E-state index is 15.6. The van der Waals surface area contributed by atoms with Crippen molar-refractivity contribution < 1.29 is 60.2 Å². The Kier molecular flexibility index (Phi) is 16.5. The van der Waals surface area contributed by atoms with Gasteiger partial charge in [-0.25, -0.2) is 24.3 Å². The van der Waals surface area contributed by atoms with Crippen LogP contribution in [-0.2, 0) is 52.8 Å². The van der Waals surface area contributed by atoms with E-state index >= 15 is 4.39 Å². The average Bonchev–Trinajstić information content (AvgIpc) is 4.05. The first kappa shape index (κ1) is 54.8. The third-order valence-corrected chi connectivity index (χ3v) is 25.1. The zero-order valence-electron chi connectivity index (χ0n) is 40.9. The Bertz CT molecular complexity index is 2900. The number of imidazole rings is 1. The quantitative estimate of drug-likeness (QED) is 0.0374. The van der Waals surface area contributed by atoms with Crippen LogP contribution in [0.15, 0.2) is 60.3 Å². The fourth-order valence-corrected chi connectivity index (χ4v) is 12.8. The number of hydrogen-bond donors (Lipinski definition) is 4. The molecule has 1 amide bonds. The first-order chi connectivity index (χ1) is 33.3. The number of H-pyrrole nitrogens is 1. The highest BCUT2D eigenvalue weighted by Crippen LogP contribution is 2.56. The van der Waals surface area contributed by atoms with E-state index in [-0.39, 0.29) is 46.1 Å². The molecule has 0 aliphatic carbocycles. The molecule has 71 heavy (non-hydrogen) atoms. The number of ether oxygens (including phenoxy) is 2. The summed E-state index contributed by atoms with van der Waals surface area (Å²) < 4.78 is 83.3. The Hall–Kier alpha value is -4.01. The Morgan fingerprint density at radius 2 is 1.59 bits per heavy atom. The van der Waals surface area contributed by atoms with E-state index in [1.807, 2.05) is 73.8 Å². The van der Waals surface area contributed by atoms with Crippen molar-refractivity contribution in [2.75, 3.05) is 25.1 Å². The molecule has 0 radical (unpaired) electrons. The molecule has 22 nitrogen and oxygen atoms in total. The van der Waals surface area contributed by atoms with Crippen LogP contribution in [0.2, 0.25) is 36.3 Å². The van der Waals surface area contributed by atoms with Gasteiger partial charge in [-0.1, -0.05) is 59.7 Å². The number of halogens is 1. The van der Waals surface area contributed by atoms with Gasteiger partial charge in [-0.05, 0) is 60.2 Å². The number of amides is 1. The van der Waals surface area contributed by atoms with E-state index in [4.69, 9.17) is 48.2 Å². The number of rotatable bonds is 19. The molecule has 1 aromatic carbocycles. The second kappa shape index (κ2) is 21.5. The molecular weight excluding hydrogens is 1020 g/mol. The second-order valence-corrected chi connectivity index (χ2v) is 33.3. The number of hydrogen-bond acceptors (Lipinski definition) is 18. The van der Waals surface area contributed by atoms with Gasteiger partial charge in [0.1, 0.15) is 48.3 Å². The fraction of sp³-hybridized carbons (Fsp3) is 0.558. The van der Waals surface area contributed by atoms with Crippen LogP contribution in [-0.4, -0.2) is 123 Å². The first-order valence-electron chi connectivity index (χ1n) is 22.7. The van der Waals surface area contributed by atoms with Crippen LogP contribution in [0.5, 0.6) is 0 Å². The van der Waals surface area contributed by atoms with E-state index in [0.29, 0.717) is 5.56 Å². The summed E-state index contributed by atoms with van der Waals surface area (Å²) in [5.74, 6) is -1.24. The molecular formula is C43H60FN9O13P2SSi2. The van der Waals surface area contributed by atoms with Crippen molar-refractivity contribution in [1.29, 1.82) is 5.26 Å². The number of aliphatic hydroxyl groups is 1. The molecule has 4 aromatic heterocycles. The van der Waals surface area contributed by atoms with Gasteiger partial charge in [0.25, 0.3) is 11.5 Å². The number of aromatic amines is 1. The lowest BCUT2D eigenvalue weighted by molar-refractivity contribution is -0.0575. The molecule has 2 saturated heterocycles. The van der Waals surface area contributed by atoms with Crippen LogP contribution in [0.3, 0.4) is 0 Å². The predicted molar refractivity (Wildman–Crippen MR) is 266 cm³/mol. The number of fused-ring (bicyclic) bond motifs is 2. The van der Waals surface area contributed by atoms with Gasteiger partial charge < -0.3 is 56.8 Å². The summed E-state index contributed by atoms with van der Waals surface area (Å²) in [6.45, 7) is 14.5. The van der Waals surface area contributed by atoms with Gasteiger partial charge >= 0.3 is 15.0 Å². The smallest absolute Gasteiger partial charge is 0.327 e. The molecule has 2 aliphatic heterocycles. The lowest BCUT2D eigenvalue weighted by Gasteiger charge is -2.41. The number of aliphatic hydroxyl groups excluding tert-OH is 1. The van der Waals surface area contributed by atoms with E-state index in [1.54, 1.807) is 30.3 Å². The number of nitrogens with zero attached hydrogens (tertiary/aromatic N) is 7. The van der Waals surface area contributed by atoms with Crippen molar-refractivity contribution >= 4 is 77.3 Å². The van der Waals surface area contributed by atoms with Crippen molar-refractivity contribution in [3.8, 4) is 6.07 Å². The molecule has 0 saturated carbocycles. The Labute approximate surface area is 417 Å². The summed E-state index contributed by atoms with van der Waals surface area (Å²) in [6.07, 6.45) is -5.05. The molecule has 2 fully saturated rings. The molecule has 28 heteroatoms. The van der Waals surface area contributed by atoms with Crippen LogP contribution < -0.4 is 10.9 Å². The number of aromatic nitrogens is 7. The van der Waals surface area contributed by atoms with Crippen molar-refractivity contribution in [3.63, 3.8) is 0 Å². The van der Waals surface area contributed by atoms with E-state index in [0.717, 1.165) is 12.5 Å². The van der Waals surface area contributed by atoms with Gasteiger partial charge in [0, 0.05) is 11.8 Å². The number of nitriles is 1. The van der Waals surface area contributed by atoms with Crippen molar-refractivity contribution in [3.05, 3.63) is 77.2 Å². The van der Waals surface area contributed by atoms with Crippen LogP contribution in [0.1, 0.15) is 70.8 Å². The van der Waals surface area contributed by atoms with Gasteiger partial charge in [0.05, 0.1) is 45.0 Å². The monoisotopic (exact) mass is 1080 g/mol. The zero-order chi connectivity index (χ0) is 51.8. The minimum absolute atomic E-state index is 0.0909. The summed E-state index contributed by atoms with van der Waals surface area (Å²) in [5.41, 5.74) is -0.0557. The van der Waals surface area contributed by atoms with Crippen LogP contribution >= 0.6 is 15.0 Å². The molecule has 4 N–H and O–H groups in total. The first-order valence-corrected chi connectivity index (χ1v) is 32.3. The molecule has 386 valence electrons. The van der Waals surface area contributed by atoms with Crippen LogP contribution in [0.4, 0.5) is 10.2 Å². The standard InChI is InChI=1S/C43H60FN9O13P2SSi2/c1-42(2,3)70(7,8)65-32-27(20-54)61-40(53-24-50-30-35(46-22-48-37(30)53)51-38(55)25-15-12-11-13-16-25)33(32)64-68(69,59-18-14-17-45)60-21-28-31(63-67(57)58)34(66-71(9,10)43(4,5)6)41(62-28)52-19-26(44)29-36(52)47-23-49-39(29)56/h11-13,15-16,19,22-24,27-28,31-34,40-41,54,67H,14,18,20-21H2,1-10H3,(H,57,58)(H,47,49,56)(H,46,48,51,55)/t27-,28-,31-,32-,33-,34-,40-,41-,68?/m1/s1. The summed E-state index contributed by atoms with van der Waals surface area (Å²) in [6, 6.07) is 10.6. The van der Waals surface area contributed by atoms with Gasteiger partial charge in [-0.2, -0.15) is 5.26 Å². The maximum Gasteiger partial charge on any atom is 0.327 e. The molecule has 2 unspecified atom stereocenters. The van der Waals surface area contributed by atoms with Crippen molar-refractivity contribution in [1.82, 2.24) is 34.1 Å². The topological polar surface area (TPSA) is 279 Å². The summed E-state index contributed by atoms with van der Waals surface area (Å²) in [5, 5.41) is 22.2. The highest BCUT2D eigenvalue weighted by Gasteiger charge is 2.56. The minimum atomic E-state index is -4.17. The van der Waals surface area contributed by atoms with Crippen LogP contribution in [0.25, 0.3) is 22.2 Å². The van der Waals surface area contributed by atoms with E-state index < -0.39 is 116 Å². The minimum Gasteiger partial charge on any atom is -0.408 e. The second-order valence-electron chi connectivity index (χ2n) is 20.1. The molecule has 10 atom stereocenters. The molecule has 5 aromatic rings. The van der Waals surface area contributed by atoms with Crippen molar-refractivity contribution in [2.24, 2.45) is 0 Å². The molecule has 2 aliphatic rings. The summed E-state index contributed by atoms with van der Waals surface area (Å²) in [4.78, 5) is 56.4. The number of benzene rings is 1. The Morgan fingerprint density at radius 3 is 2.23 bits per heavy atom. The van der Waals surface area contributed by atoms with Crippen LogP contribution in [0, 0.1) is 17.1 Å². The molecule has 7 rings (SSSR count). The highest BCUT2D eigenvalue weighted by molar-refractivity contribution is 8.07. The molecule has 6 heterocycles. The largest absolute Gasteiger partial charge is 0.408 e. The normalized spacial score (nSPS) is 24.6. The van der Waals surface area contributed by atoms with Gasteiger partial charge in [0.15, 0.2) is 57.5 Å². The third kappa shape index (κ3) is 11.7. The maximum atomic E-state index is 15.6. The fourth-order valence-electron chi connectivity index (χ4n) is 7.57. The predicted octanol–water partition coefficient (Wildman–Crippen LogP) is 6.85. The number of nitrogens with one attached hydrogen (secondary N) is 2. The van der Waals surface area contributed by atoms with Gasteiger partial charge in [-0.15, -0.1) is 0 Å². The summed E-state index contributed by atoms with van der Waals surface area (Å²) in [7, 11) is -9.30. The Morgan fingerprint density at radius 1 is 0.944 bits per heavy atom. The third-order valence-electron chi connectivity index (χ3n) is 13.3. The molecule has 0 bridgehead atoms. The number of carbonyl (C=O) groups is 1. The molecule has 0 spiro atoms. The van der Waals surface area contributed by atoms with E-state index in [9.17, 15) is 29.4 Å². The highest BCUT2D eigenvalue weighted by atomic mass is 32.5. The summed E-state index contributed by atoms with van der Waals surface area (Å²) >= 11 is 6.16. The SMILES string of the molecule is CC(C)(C)[Si](C)(C)O[C@@H]1[C@H](O[PH](=O)O)[C@@H](COP(=S)(OCCC#N)O[C@@H]2[C@H](O[Si](C)(C)C(C)(C)C)[C@@H](CO)O[C@H]2n2cnc3c(NC(=O)c4ccccc4)ncnc32)O[C@H]1n1cc(F)c2c(=O)[nH]cnc21. The zero-order valence-corrected chi connectivity index (χ0v) is 45.6. The Balaban J connectivity index is 1.28. The lowest BCUT2D eigenvalue weighted by atomic mass is 10.1. The van der Waals surface area contributed by atoms with Gasteiger partial charge in [-0.3, -0.25) is 23.2 Å². The van der Waals surface area contributed by atoms with E-state index in [1.165, 1.54) is 21.8 Å². The lowest BCUT2D eigenvalue weighted by Crippen LogP contribution is -2.50. The number of anilines is 1.